The molecule has 2 heteroatoms. The molecule has 72 valence electrons. The van der Waals surface area contributed by atoms with Crippen LogP contribution in [0, 0.1) is 0 Å². The summed E-state index contributed by atoms with van der Waals surface area (Å²) >= 11 is 5.43. The van der Waals surface area contributed by atoms with Crippen molar-refractivity contribution in [3.8, 4) is 0 Å². The second kappa shape index (κ2) is 5.92. The first-order valence-corrected chi connectivity index (χ1v) is 10.3. The molecule has 1 aromatic carbocycles. The normalized spacial score (nSPS) is 13.8. The molecule has 0 N–H and O–H groups in total. The van der Waals surface area contributed by atoms with Gasteiger partial charge in [0.25, 0.3) is 0 Å². The fourth-order valence-corrected chi connectivity index (χ4v) is 7.09. The van der Waals surface area contributed by atoms with Gasteiger partial charge in [0.05, 0.1) is 0 Å². The second-order valence-corrected chi connectivity index (χ2v) is 9.69. The summed E-state index contributed by atoms with van der Waals surface area (Å²) in [6, 6.07) is 8.69. The first-order valence-electron chi connectivity index (χ1n) is 4.97. The number of halogens is 1. The molecule has 0 radical (unpaired) electrons. The molecule has 0 amide bonds. The van der Waals surface area contributed by atoms with Crippen LogP contribution in [0.3, 0.4) is 0 Å². The average molecular weight is 303 g/mol. The van der Waals surface area contributed by atoms with Crippen molar-refractivity contribution in [1.82, 2.24) is 0 Å². The molecule has 1 aromatic rings. The first kappa shape index (κ1) is 11.4. The Labute approximate surface area is 95.9 Å². The van der Waals surface area contributed by atoms with Gasteiger partial charge in [-0.15, -0.1) is 0 Å². The molecule has 0 saturated heterocycles. The van der Waals surface area contributed by atoms with E-state index in [1.165, 1.54) is 16.4 Å². The van der Waals surface area contributed by atoms with E-state index >= 15 is 0 Å². The molecule has 1 unspecified atom stereocenters. The molecule has 0 aliphatic carbocycles. The zero-order valence-electron chi connectivity index (χ0n) is 8.39. The van der Waals surface area contributed by atoms with Gasteiger partial charge in [0, 0.05) is 0 Å². The fourth-order valence-electron chi connectivity index (χ4n) is 1.52. The summed E-state index contributed by atoms with van der Waals surface area (Å²) in [5, 5.41) is 0.185. The zero-order chi connectivity index (χ0) is 9.68. The van der Waals surface area contributed by atoms with E-state index in [1.807, 2.05) is 0 Å². The van der Waals surface area contributed by atoms with E-state index < -0.39 is 21.1 Å². The van der Waals surface area contributed by atoms with Gasteiger partial charge in [0.2, 0.25) is 0 Å². The van der Waals surface area contributed by atoms with Crippen molar-refractivity contribution in [2.45, 2.75) is 30.1 Å². The van der Waals surface area contributed by atoms with Crippen LogP contribution in [0.25, 0.3) is 0 Å². The molecule has 0 spiro atoms. The van der Waals surface area contributed by atoms with E-state index in [2.05, 4.69) is 38.1 Å². The fraction of sp³-hybridized carbons (Fsp3) is 0.455. The van der Waals surface area contributed by atoms with E-state index in [4.69, 9.17) is 11.6 Å². The van der Waals surface area contributed by atoms with Crippen molar-refractivity contribution in [2.75, 3.05) is 0 Å². The SMILES string of the molecule is CC[CH2][SnH2][c]1ccccc1C(C)Cl. The van der Waals surface area contributed by atoms with Crippen molar-refractivity contribution in [2.24, 2.45) is 0 Å². The minimum atomic E-state index is -0.694. The molecule has 0 aromatic heterocycles. The molecule has 0 fully saturated rings. The van der Waals surface area contributed by atoms with Crippen LogP contribution in [0.2, 0.25) is 4.44 Å². The van der Waals surface area contributed by atoms with Crippen molar-refractivity contribution in [3.05, 3.63) is 29.8 Å². The third-order valence-corrected chi connectivity index (χ3v) is 8.92. The van der Waals surface area contributed by atoms with Crippen LogP contribution in [0.5, 0.6) is 0 Å². The van der Waals surface area contributed by atoms with Gasteiger partial charge in [-0.3, -0.25) is 0 Å². The summed E-state index contributed by atoms with van der Waals surface area (Å²) in [5.41, 5.74) is 1.38. The van der Waals surface area contributed by atoms with Crippen molar-refractivity contribution < 1.29 is 0 Å². The Balaban J connectivity index is 2.78. The predicted molar refractivity (Wildman–Crippen MR) is 64.0 cm³/mol. The van der Waals surface area contributed by atoms with Gasteiger partial charge in [-0.05, 0) is 0 Å². The van der Waals surface area contributed by atoms with Crippen LogP contribution in [-0.2, 0) is 0 Å². The maximum absolute atomic E-state index is 6.12. The van der Waals surface area contributed by atoms with Gasteiger partial charge in [0.15, 0.2) is 0 Å². The van der Waals surface area contributed by atoms with Gasteiger partial charge < -0.3 is 0 Å². The number of hydrogen-bond acceptors (Lipinski definition) is 0. The molecule has 0 aliphatic heterocycles. The molecule has 1 rings (SSSR count). The predicted octanol–water partition coefficient (Wildman–Crippen LogP) is 2.61. The topological polar surface area (TPSA) is 0 Å². The Morgan fingerprint density at radius 1 is 1.38 bits per heavy atom. The summed E-state index contributed by atoms with van der Waals surface area (Å²) in [5.74, 6) is 0. The van der Waals surface area contributed by atoms with Crippen molar-refractivity contribution >= 4 is 36.3 Å². The summed E-state index contributed by atoms with van der Waals surface area (Å²) in [4.78, 5) is 0. The Hall–Kier alpha value is 0.309. The number of rotatable bonds is 4. The molecular formula is C11H17ClSn. The summed E-state index contributed by atoms with van der Waals surface area (Å²) in [6.45, 7) is 4.34. The van der Waals surface area contributed by atoms with Gasteiger partial charge in [-0.2, -0.15) is 0 Å². The van der Waals surface area contributed by atoms with Crippen LogP contribution in [0.4, 0.5) is 0 Å². The average Bonchev–Trinajstić information content (AvgIpc) is 2.15. The minimum absolute atomic E-state index is 0.185. The van der Waals surface area contributed by atoms with Crippen LogP contribution in [0.1, 0.15) is 31.2 Å². The van der Waals surface area contributed by atoms with Gasteiger partial charge in [-0.25, -0.2) is 0 Å². The molecule has 0 bridgehead atoms. The molecular weight excluding hydrogens is 286 g/mol. The molecule has 0 saturated carbocycles. The first-order chi connectivity index (χ1) is 6.25. The third-order valence-electron chi connectivity index (χ3n) is 2.28. The van der Waals surface area contributed by atoms with Crippen LogP contribution in [0.15, 0.2) is 24.3 Å². The van der Waals surface area contributed by atoms with E-state index in [0.29, 0.717) is 0 Å². The number of hydrogen-bond donors (Lipinski definition) is 0. The Kier molecular flexibility index (Phi) is 5.18. The van der Waals surface area contributed by atoms with E-state index in [1.54, 1.807) is 3.58 Å². The van der Waals surface area contributed by atoms with Gasteiger partial charge in [0.1, 0.15) is 0 Å². The van der Waals surface area contributed by atoms with E-state index in [-0.39, 0.29) is 5.38 Å². The molecule has 0 nitrogen and oxygen atoms in total. The Morgan fingerprint density at radius 2 is 2.08 bits per heavy atom. The number of benzene rings is 1. The summed E-state index contributed by atoms with van der Waals surface area (Å²) in [6.07, 6.45) is 1.33. The zero-order valence-corrected chi connectivity index (χ0v) is 13.2. The Morgan fingerprint density at radius 3 is 2.69 bits per heavy atom. The standard InChI is InChI=1S/C8H8Cl.C3H7.Sn.2H/c1-7(9)8-5-3-2-4-6-8;1-3-2;;;/h2-5,7H,1H3;1,3H2,2H3;;;. The monoisotopic (exact) mass is 304 g/mol. The second-order valence-electron chi connectivity index (χ2n) is 3.42. The molecule has 0 heterocycles. The quantitative estimate of drug-likeness (QED) is 0.592. The summed E-state index contributed by atoms with van der Waals surface area (Å²) in [7, 11) is 0. The van der Waals surface area contributed by atoms with Crippen LogP contribution < -0.4 is 3.58 Å². The Bertz CT molecular complexity index is 258. The number of alkyl halides is 1. The van der Waals surface area contributed by atoms with Crippen molar-refractivity contribution in [1.29, 1.82) is 0 Å². The molecule has 1 atom stereocenters. The van der Waals surface area contributed by atoms with E-state index in [9.17, 15) is 0 Å². The molecule has 0 aliphatic rings. The van der Waals surface area contributed by atoms with E-state index in [0.717, 1.165) is 0 Å². The van der Waals surface area contributed by atoms with Gasteiger partial charge in [-0.1, -0.05) is 0 Å². The van der Waals surface area contributed by atoms with Crippen LogP contribution in [-0.4, -0.2) is 21.1 Å². The van der Waals surface area contributed by atoms with Gasteiger partial charge >= 0.3 is 96.2 Å². The maximum atomic E-state index is 6.12. The molecule has 13 heavy (non-hydrogen) atoms. The van der Waals surface area contributed by atoms with Crippen LogP contribution >= 0.6 is 11.6 Å². The van der Waals surface area contributed by atoms with Crippen molar-refractivity contribution in [3.63, 3.8) is 0 Å². The third kappa shape index (κ3) is 3.51. The summed E-state index contributed by atoms with van der Waals surface area (Å²) < 4.78 is 3.08.